The molecule has 1 aliphatic rings. The number of hydrogen-bond donors (Lipinski definition) is 1. The second-order valence-electron chi connectivity index (χ2n) is 7.61. The van der Waals surface area contributed by atoms with Gasteiger partial charge in [-0.2, -0.15) is 17.5 Å². The Morgan fingerprint density at radius 1 is 1.03 bits per heavy atom. The molecule has 1 amide bonds. The molecule has 2 aromatic rings. The normalized spacial score (nSPS) is 16.7. The zero-order valence-corrected chi connectivity index (χ0v) is 18.5. The molecule has 1 saturated heterocycles. The van der Waals surface area contributed by atoms with Crippen LogP contribution in [0.4, 0.5) is 18.9 Å². The SMILES string of the molecule is C[C@H](OC(=O)C1CCN(S(=O)(=O)c2ccccc2C(F)(F)F)CC1)C(=O)Nc1ccccc1. The lowest BCUT2D eigenvalue weighted by atomic mass is 9.98. The van der Waals surface area contributed by atoms with E-state index in [0.717, 1.165) is 22.5 Å². The van der Waals surface area contributed by atoms with Crippen LogP contribution in [0.15, 0.2) is 59.5 Å². The molecule has 2 aromatic carbocycles. The standard InChI is InChI=1S/C22H23F3N2O5S/c1-15(20(28)26-17-7-3-2-4-8-17)32-21(29)16-11-13-27(14-12-16)33(30,31)19-10-6-5-9-18(19)22(23,24)25/h2-10,15-16H,11-14H2,1H3,(H,26,28)/t15-/m0/s1. The molecule has 0 saturated carbocycles. The summed E-state index contributed by atoms with van der Waals surface area (Å²) in [5.74, 6) is -1.84. The zero-order chi connectivity index (χ0) is 24.2. The molecule has 1 atom stereocenters. The van der Waals surface area contributed by atoms with E-state index < -0.39 is 50.6 Å². The van der Waals surface area contributed by atoms with E-state index >= 15 is 0 Å². The first-order chi connectivity index (χ1) is 15.5. The highest BCUT2D eigenvalue weighted by molar-refractivity contribution is 7.89. The van der Waals surface area contributed by atoms with Gasteiger partial charge in [0, 0.05) is 18.8 Å². The molecule has 1 aliphatic heterocycles. The van der Waals surface area contributed by atoms with Gasteiger partial charge in [0.15, 0.2) is 6.10 Å². The molecule has 1 heterocycles. The van der Waals surface area contributed by atoms with E-state index in [0.29, 0.717) is 5.69 Å². The predicted octanol–water partition coefficient (Wildman–Crippen LogP) is 3.68. The first-order valence-corrected chi connectivity index (χ1v) is 11.7. The lowest BCUT2D eigenvalue weighted by Crippen LogP contribution is -2.42. The summed E-state index contributed by atoms with van der Waals surface area (Å²) in [6.45, 7) is 1.14. The van der Waals surface area contributed by atoms with Gasteiger partial charge in [0.05, 0.1) is 16.4 Å². The van der Waals surface area contributed by atoms with Crippen molar-refractivity contribution >= 4 is 27.6 Å². The molecule has 0 bridgehead atoms. The van der Waals surface area contributed by atoms with Crippen molar-refractivity contribution in [1.29, 1.82) is 0 Å². The molecule has 1 fully saturated rings. The van der Waals surface area contributed by atoms with Crippen LogP contribution in [0, 0.1) is 5.92 Å². The molecule has 0 radical (unpaired) electrons. The number of nitrogens with one attached hydrogen (secondary N) is 1. The molecule has 11 heteroatoms. The summed E-state index contributed by atoms with van der Waals surface area (Å²) in [5, 5.41) is 2.62. The van der Waals surface area contributed by atoms with E-state index in [9.17, 15) is 31.2 Å². The Balaban J connectivity index is 1.59. The maximum absolute atomic E-state index is 13.3. The Morgan fingerprint density at radius 2 is 1.61 bits per heavy atom. The lowest BCUT2D eigenvalue weighted by Gasteiger charge is -2.31. The van der Waals surface area contributed by atoms with Gasteiger partial charge in [-0.1, -0.05) is 30.3 Å². The monoisotopic (exact) mass is 484 g/mol. The van der Waals surface area contributed by atoms with Crippen molar-refractivity contribution < 1.29 is 35.9 Å². The molecular formula is C22H23F3N2O5S. The van der Waals surface area contributed by atoms with Crippen molar-refractivity contribution in [3.8, 4) is 0 Å². The Hall–Kier alpha value is -2.92. The van der Waals surface area contributed by atoms with Gasteiger partial charge in [-0.3, -0.25) is 9.59 Å². The minimum atomic E-state index is -4.82. The van der Waals surface area contributed by atoms with Gasteiger partial charge in [0.2, 0.25) is 10.0 Å². The average Bonchev–Trinajstić information content (AvgIpc) is 2.79. The summed E-state index contributed by atoms with van der Waals surface area (Å²) in [6.07, 6.45) is -5.75. The number of para-hydroxylation sites is 1. The third-order valence-corrected chi connectivity index (χ3v) is 7.26. The third-order valence-electron chi connectivity index (χ3n) is 5.30. The number of halogens is 3. The summed E-state index contributed by atoms with van der Waals surface area (Å²) >= 11 is 0. The van der Waals surface area contributed by atoms with Crippen LogP contribution in [0.25, 0.3) is 0 Å². The van der Waals surface area contributed by atoms with Gasteiger partial charge in [0.25, 0.3) is 5.91 Å². The van der Waals surface area contributed by atoms with Gasteiger partial charge in [-0.05, 0) is 44.0 Å². The molecular weight excluding hydrogens is 461 g/mol. The second-order valence-corrected chi connectivity index (χ2v) is 9.51. The lowest BCUT2D eigenvalue weighted by molar-refractivity contribution is -0.158. The van der Waals surface area contributed by atoms with Crippen LogP contribution in [-0.4, -0.2) is 43.8 Å². The first kappa shape index (κ1) is 24.7. The van der Waals surface area contributed by atoms with Crippen LogP contribution in [0.1, 0.15) is 25.3 Å². The van der Waals surface area contributed by atoms with Crippen LogP contribution < -0.4 is 5.32 Å². The predicted molar refractivity (Wildman–Crippen MR) is 114 cm³/mol. The zero-order valence-electron chi connectivity index (χ0n) is 17.7. The molecule has 178 valence electrons. The molecule has 3 rings (SSSR count). The second kappa shape index (κ2) is 9.92. The fraction of sp³-hybridized carbons (Fsp3) is 0.364. The fourth-order valence-electron chi connectivity index (χ4n) is 3.49. The van der Waals surface area contributed by atoms with Crippen LogP contribution >= 0.6 is 0 Å². The van der Waals surface area contributed by atoms with Crippen LogP contribution in [0.2, 0.25) is 0 Å². The highest BCUT2D eigenvalue weighted by Gasteiger charge is 2.40. The van der Waals surface area contributed by atoms with Crippen LogP contribution in [-0.2, 0) is 30.5 Å². The molecule has 0 spiro atoms. The van der Waals surface area contributed by atoms with E-state index in [1.54, 1.807) is 30.3 Å². The van der Waals surface area contributed by atoms with Crippen molar-refractivity contribution in [2.45, 2.75) is 36.9 Å². The molecule has 33 heavy (non-hydrogen) atoms. The topological polar surface area (TPSA) is 92.8 Å². The van der Waals surface area contributed by atoms with Crippen molar-refractivity contribution in [3.63, 3.8) is 0 Å². The van der Waals surface area contributed by atoms with Crippen molar-refractivity contribution in [2.75, 3.05) is 18.4 Å². The fourth-order valence-corrected chi connectivity index (χ4v) is 5.17. The quantitative estimate of drug-likeness (QED) is 0.632. The van der Waals surface area contributed by atoms with Gasteiger partial charge < -0.3 is 10.1 Å². The van der Waals surface area contributed by atoms with Crippen LogP contribution in [0.5, 0.6) is 0 Å². The Bertz CT molecular complexity index is 1100. The molecule has 0 unspecified atom stereocenters. The maximum atomic E-state index is 13.3. The Labute approximate surface area is 189 Å². The smallest absolute Gasteiger partial charge is 0.417 e. The minimum absolute atomic E-state index is 0.0687. The summed E-state index contributed by atoms with van der Waals surface area (Å²) in [5.41, 5.74) is -0.687. The highest BCUT2D eigenvalue weighted by atomic mass is 32.2. The van der Waals surface area contributed by atoms with Gasteiger partial charge in [0.1, 0.15) is 0 Å². The van der Waals surface area contributed by atoms with E-state index in [1.165, 1.54) is 13.0 Å². The number of carbonyl (C=O) groups is 2. The Morgan fingerprint density at radius 3 is 2.21 bits per heavy atom. The number of hydrogen-bond acceptors (Lipinski definition) is 5. The number of piperidine rings is 1. The highest BCUT2D eigenvalue weighted by Crippen LogP contribution is 2.36. The molecule has 1 N–H and O–H groups in total. The number of sulfonamides is 1. The van der Waals surface area contributed by atoms with E-state index in [4.69, 9.17) is 4.74 Å². The number of rotatable bonds is 6. The number of amides is 1. The number of alkyl halides is 3. The van der Waals surface area contributed by atoms with Crippen molar-refractivity contribution in [2.24, 2.45) is 5.92 Å². The maximum Gasteiger partial charge on any atom is 0.417 e. The summed E-state index contributed by atoms with van der Waals surface area (Å²) < 4.78 is 71.6. The number of esters is 1. The van der Waals surface area contributed by atoms with Gasteiger partial charge >= 0.3 is 12.1 Å². The largest absolute Gasteiger partial charge is 0.452 e. The summed E-state index contributed by atoms with van der Waals surface area (Å²) in [6, 6.07) is 12.6. The molecule has 7 nitrogen and oxygen atoms in total. The summed E-state index contributed by atoms with van der Waals surface area (Å²) in [7, 11) is -4.40. The number of carbonyl (C=O) groups excluding carboxylic acids is 2. The van der Waals surface area contributed by atoms with Crippen molar-refractivity contribution in [1.82, 2.24) is 4.31 Å². The first-order valence-electron chi connectivity index (χ1n) is 10.2. The van der Waals surface area contributed by atoms with E-state index in [-0.39, 0.29) is 25.9 Å². The number of nitrogens with zero attached hydrogens (tertiary/aromatic N) is 1. The Kier molecular flexibility index (Phi) is 7.43. The van der Waals surface area contributed by atoms with E-state index in [2.05, 4.69) is 5.32 Å². The third kappa shape index (κ3) is 5.91. The molecule has 0 aromatic heterocycles. The number of anilines is 1. The number of ether oxygens (including phenoxy) is 1. The van der Waals surface area contributed by atoms with E-state index in [1.807, 2.05) is 0 Å². The average molecular weight is 484 g/mol. The van der Waals surface area contributed by atoms with Crippen molar-refractivity contribution in [3.05, 3.63) is 60.2 Å². The minimum Gasteiger partial charge on any atom is -0.452 e. The molecule has 0 aliphatic carbocycles. The van der Waals surface area contributed by atoms with Gasteiger partial charge in [-0.25, -0.2) is 8.42 Å². The summed E-state index contributed by atoms with van der Waals surface area (Å²) in [4.78, 5) is 23.9. The van der Waals surface area contributed by atoms with Gasteiger partial charge in [-0.15, -0.1) is 0 Å². The number of benzene rings is 2. The van der Waals surface area contributed by atoms with Crippen LogP contribution in [0.3, 0.4) is 0 Å².